The average molecular weight is 236 g/mol. The van der Waals surface area contributed by atoms with Crippen LogP contribution in [0, 0.1) is 6.92 Å². The molecule has 0 radical (unpaired) electrons. The van der Waals surface area contributed by atoms with Gasteiger partial charge in [-0.25, -0.2) is 4.98 Å². The molecule has 0 saturated heterocycles. The van der Waals surface area contributed by atoms with Crippen LogP contribution in [0.5, 0.6) is 11.6 Å². The molecule has 1 aromatic carbocycles. The standard InChI is InChI=1S/C11H10ClN3O/c1-7-2-3-9(8(12)6-7)16-10-4-5-14-11(13)15-10/h2-6H,1H3,(H2,13,14,15). The van der Waals surface area contributed by atoms with Gasteiger partial charge in [0.05, 0.1) is 5.02 Å². The van der Waals surface area contributed by atoms with Crippen molar-refractivity contribution in [3.05, 3.63) is 41.0 Å². The lowest BCUT2D eigenvalue weighted by molar-refractivity contribution is 0.462. The van der Waals surface area contributed by atoms with E-state index >= 15 is 0 Å². The smallest absolute Gasteiger partial charge is 0.224 e. The number of halogens is 1. The Morgan fingerprint density at radius 1 is 1.31 bits per heavy atom. The van der Waals surface area contributed by atoms with Gasteiger partial charge in [0.15, 0.2) is 0 Å². The van der Waals surface area contributed by atoms with Crippen LogP contribution in [-0.2, 0) is 0 Å². The molecule has 0 aliphatic rings. The molecule has 4 nitrogen and oxygen atoms in total. The molecule has 2 rings (SSSR count). The molecule has 16 heavy (non-hydrogen) atoms. The van der Waals surface area contributed by atoms with Gasteiger partial charge in [0.2, 0.25) is 11.8 Å². The zero-order valence-corrected chi connectivity index (χ0v) is 9.40. The Labute approximate surface area is 98.0 Å². The van der Waals surface area contributed by atoms with Gasteiger partial charge in [0.25, 0.3) is 0 Å². The van der Waals surface area contributed by atoms with Crippen LogP contribution in [0.1, 0.15) is 5.56 Å². The minimum absolute atomic E-state index is 0.167. The summed E-state index contributed by atoms with van der Waals surface area (Å²) in [7, 11) is 0. The highest BCUT2D eigenvalue weighted by Gasteiger charge is 2.04. The third-order valence-electron chi connectivity index (χ3n) is 1.95. The number of hydrogen-bond acceptors (Lipinski definition) is 4. The number of rotatable bonds is 2. The number of aryl methyl sites for hydroxylation is 1. The quantitative estimate of drug-likeness (QED) is 0.870. The van der Waals surface area contributed by atoms with Gasteiger partial charge in [-0.2, -0.15) is 4.98 Å². The number of benzene rings is 1. The molecule has 0 amide bonds. The molecular formula is C11H10ClN3O. The second kappa shape index (κ2) is 4.37. The van der Waals surface area contributed by atoms with Crippen molar-refractivity contribution >= 4 is 17.5 Å². The number of nitrogen functional groups attached to an aromatic ring is 1. The van der Waals surface area contributed by atoms with Gasteiger partial charge in [0.1, 0.15) is 5.75 Å². The van der Waals surface area contributed by atoms with Gasteiger partial charge in [-0.05, 0) is 24.6 Å². The van der Waals surface area contributed by atoms with Gasteiger partial charge in [0, 0.05) is 12.3 Å². The highest BCUT2D eigenvalue weighted by molar-refractivity contribution is 6.32. The van der Waals surface area contributed by atoms with Crippen molar-refractivity contribution in [3.8, 4) is 11.6 Å². The number of aromatic nitrogens is 2. The summed E-state index contributed by atoms with van der Waals surface area (Å²) in [6.45, 7) is 1.96. The second-order valence-corrected chi connectivity index (χ2v) is 3.70. The molecule has 0 saturated carbocycles. The monoisotopic (exact) mass is 235 g/mol. The van der Waals surface area contributed by atoms with Crippen LogP contribution in [0.3, 0.4) is 0 Å². The Bertz CT molecular complexity index is 516. The number of anilines is 1. The first-order chi connectivity index (χ1) is 7.65. The van der Waals surface area contributed by atoms with E-state index in [4.69, 9.17) is 22.1 Å². The van der Waals surface area contributed by atoms with Crippen LogP contribution in [-0.4, -0.2) is 9.97 Å². The maximum Gasteiger partial charge on any atom is 0.224 e. The fourth-order valence-electron chi connectivity index (χ4n) is 1.21. The minimum atomic E-state index is 0.167. The summed E-state index contributed by atoms with van der Waals surface area (Å²) in [5.74, 6) is 1.09. The molecule has 0 spiro atoms. The van der Waals surface area contributed by atoms with Crippen molar-refractivity contribution in [2.24, 2.45) is 0 Å². The first-order valence-corrected chi connectivity index (χ1v) is 5.05. The third-order valence-corrected chi connectivity index (χ3v) is 2.25. The molecule has 0 aliphatic carbocycles. The van der Waals surface area contributed by atoms with E-state index in [2.05, 4.69) is 9.97 Å². The Hall–Kier alpha value is -1.81. The highest BCUT2D eigenvalue weighted by Crippen LogP contribution is 2.28. The van der Waals surface area contributed by atoms with Gasteiger partial charge >= 0.3 is 0 Å². The van der Waals surface area contributed by atoms with Crippen molar-refractivity contribution < 1.29 is 4.74 Å². The van der Waals surface area contributed by atoms with Gasteiger partial charge in [-0.15, -0.1) is 0 Å². The molecule has 0 atom stereocenters. The highest BCUT2D eigenvalue weighted by atomic mass is 35.5. The van der Waals surface area contributed by atoms with E-state index < -0.39 is 0 Å². The Balaban J connectivity index is 2.27. The van der Waals surface area contributed by atoms with E-state index in [1.54, 1.807) is 12.1 Å². The van der Waals surface area contributed by atoms with Crippen molar-refractivity contribution in [2.75, 3.05) is 5.73 Å². The molecule has 0 fully saturated rings. The van der Waals surface area contributed by atoms with Crippen molar-refractivity contribution in [3.63, 3.8) is 0 Å². The van der Waals surface area contributed by atoms with Crippen LogP contribution < -0.4 is 10.5 Å². The molecule has 2 aromatic rings. The Kier molecular flexibility index (Phi) is 2.92. The predicted octanol–water partition coefficient (Wildman–Crippen LogP) is 2.81. The van der Waals surface area contributed by atoms with Crippen molar-refractivity contribution in [2.45, 2.75) is 6.92 Å². The Morgan fingerprint density at radius 2 is 2.12 bits per heavy atom. The lowest BCUT2D eigenvalue weighted by Gasteiger charge is -2.06. The summed E-state index contributed by atoms with van der Waals surface area (Å²) in [5.41, 5.74) is 6.51. The van der Waals surface area contributed by atoms with Crippen LogP contribution in [0.15, 0.2) is 30.5 Å². The fraction of sp³-hybridized carbons (Fsp3) is 0.0909. The van der Waals surface area contributed by atoms with E-state index in [-0.39, 0.29) is 5.95 Å². The van der Waals surface area contributed by atoms with Crippen LogP contribution >= 0.6 is 11.6 Å². The topological polar surface area (TPSA) is 61.0 Å². The van der Waals surface area contributed by atoms with E-state index in [1.807, 2.05) is 19.1 Å². The zero-order chi connectivity index (χ0) is 11.5. The lowest BCUT2D eigenvalue weighted by Crippen LogP contribution is -1.96. The van der Waals surface area contributed by atoms with E-state index in [1.165, 1.54) is 6.20 Å². The molecule has 1 aromatic heterocycles. The largest absolute Gasteiger partial charge is 0.437 e. The van der Waals surface area contributed by atoms with Crippen LogP contribution in [0.2, 0.25) is 5.02 Å². The number of hydrogen-bond donors (Lipinski definition) is 1. The number of nitrogens with zero attached hydrogens (tertiary/aromatic N) is 2. The minimum Gasteiger partial charge on any atom is -0.437 e. The lowest BCUT2D eigenvalue weighted by atomic mass is 10.2. The maximum atomic E-state index is 6.02. The van der Waals surface area contributed by atoms with E-state index in [0.29, 0.717) is 16.7 Å². The summed E-state index contributed by atoms with van der Waals surface area (Å²) >= 11 is 6.02. The SMILES string of the molecule is Cc1ccc(Oc2ccnc(N)n2)c(Cl)c1. The number of ether oxygens (including phenoxy) is 1. The second-order valence-electron chi connectivity index (χ2n) is 3.29. The molecule has 0 bridgehead atoms. The van der Waals surface area contributed by atoms with Gasteiger partial charge in [-0.3, -0.25) is 0 Å². The van der Waals surface area contributed by atoms with Gasteiger partial charge < -0.3 is 10.5 Å². The molecule has 2 N–H and O–H groups in total. The summed E-state index contributed by atoms with van der Waals surface area (Å²) in [5, 5.41) is 0.539. The number of nitrogens with two attached hydrogens (primary N) is 1. The molecule has 1 heterocycles. The summed E-state index contributed by atoms with van der Waals surface area (Å²) < 4.78 is 5.48. The summed E-state index contributed by atoms with van der Waals surface area (Å²) in [6, 6.07) is 7.13. The summed E-state index contributed by atoms with van der Waals surface area (Å²) in [6.07, 6.45) is 1.53. The fourth-order valence-corrected chi connectivity index (χ4v) is 1.49. The van der Waals surface area contributed by atoms with E-state index in [9.17, 15) is 0 Å². The maximum absolute atomic E-state index is 6.02. The molecule has 82 valence electrons. The van der Waals surface area contributed by atoms with E-state index in [0.717, 1.165) is 5.56 Å². The van der Waals surface area contributed by atoms with Crippen molar-refractivity contribution in [1.82, 2.24) is 9.97 Å². The summed E-state index contributed by atoms with van der Waals surface area (Å²) in [4.78, 5) is 7.69. The third kappa shape index (κ3) is 2.41. The normalized spacial score (nSPS) is 10.1. The Morgan fingerprint density at radius 3 is 2.81 bits per heavy atom. The predicted molar refractivity (Wildman–Crippen MR) is 62.7 cm³/mol. The first kappa shape index (κ1) is 10.7. The van der Waals surface area contributed by atoms with Crippen LogP contribution in [0.4, 0.5) is 5.95 Å². The zero-order valence-electron chi connectivity index (χ0n) is 8.64. The molecule has 0 aliphatic heterocycles. The van der Waals surface area contributed by atoms with Crippen LogP contribution in [0.25, 0.3) is 0 Å². The first-order valence-electron chi connectivity index (χ1n) is 4.67. The molecular weight excluding hydrogens is 226 g/mol. The molecule has 0 unspecified atom stereocenters. The molecule has 5 heteroatoms. The average Bonchev–Trinajstić information content (AvgIpc) is 2.22. The van der Waals surface area contributed by atoms with Crippen molar-refractivity contribution in [1.29, 1.82) is 0 Å². The van der Waals surface area contributed by atoms with Gasteiger partial charge in [-0.1, -0.05) is 17.7 Å².